The van der Waals surface area contributed by atoms with Crippen LogP contribution in [0.4, 0.5) is 0 Å². The molecule has 3 nitrogen and oxygen atoms in total. The van der Waals surface area contributed by atoms with Gasteiger partial charge in [0.05, 0.1) is 5.69 Å². The van der Waals surface area contributed by atoms with Crippen molar-refractivity contribution in [2.24, 2.45) is 0 Å². The van der Waals surface area contributed by atoms with Crippen molar-refractivity contribution in [1.82, 2.24) is 15.2 Å². The van der Waals surface area contributed by atoms with Gasteiger partial charge >= 0.3 is 0 Å². The predicted octanol–water partition coefficient (Wildman–Crippen LogP) is 1.88. The zero-order valence-electron chi connectivity index (χ0n) is 10.8. The molecule has 2 fully saturated rings. The van der Waals surface area contributed by atoms with E-state index in [1.165, 1.54) is 48.7 Å². The maximum atomic E-state index is 4.58. The molecule has 1 aliphatic carbocycles. The molecule has 0 atom stereocenters. The van der Waals surface area contributed by atoms with Crippen molar-refractivity contribution >= 4 is 11.8 Å². The van der Waals surface area contributed by atoms with Crippen molar-refractivity contribution < 1.29 is 0 Å². The Morgan fingerprint density at radius 2 is 2.11 bits per heavy atom. The number of aromatic nitrogens is 1. The van der Waals surface area contributed by atoms with Crippen LogP contribution in [0.15, 0.2) is 18.3 Å². The van der Waals surface area contributed by atoms with Crippen LogP contribution < -0.4 is 5.32 Å². The summed E-state index contributed by atoms with van der Waals surface area (Å²) in [6.45, 7) is 4.39. The number of hydrogen-bond acceptors (Lipinski definition) is 4. The van der Waals surface area contributed by atoms with Crippen LogP contribution in [0.2, 0.25) is 0 Å². The maximum absolute atomic E-state index is 4.58. The highest BCUT2D eigenvalue weighted by molar-refractivity contribution is 7.99. The molecule has 1 aromatic heterocycles. The summed E-state index contributed by atoms with van der Waals surface area (Å²) in [5, 5.41) is 3.52. The Balaban J connectivity index is 1.49. The van der Waals surface area contributed by atoms with E-state index in [1.54, 1.807) is 0 Å². The summed E-state index contributed by atoms with van der Waals surface area (Å²) in [4.78, 5) is 7.08. The minimum atomic E-state index is 0.774. The summed E-state index contributed by atoms with van der Waals surface area (Å²) in [5.74, 6) is 2.53. The van der Waals surface area contributed by atoms with Crippen LogP contribution >= 0.6 is 11.8 Å². The van der Waals surface area contributed by atoms with Crippen molar-refractivity contribution in [3.05, 3.63) is 29.6 Å². The van der Waals surface area contributed by atoms with Crippen LogP contribution in [-0.2, 0) is 13.1 Å². The summed E-state index contributed by atoms with van der Waals surface area (Å²) < 4.78 is 0. The fourth-order valence-electron chi connectivity index (χ4n) is 2.19. The van der Waals surface area contributed by atoms with Gasteiger partial charge in [-0.2, -0.15) is 11.8 Å². The van der Waals surface area contributed by atoms with Gasteiger partial charge in [-0.1, -0.05) is 6.07 Å². The lowest BCUT2D eigenvalue weighted by Gasteiger charge is -2.25. The number of rotatable bonds is 5. The molecule has 0 unspecified atom stereocenters. The topological polar surface area (TPSA) is 28.2 Å². The second-order valence-electron chi connectivity index (χ2n) is 5.20. The molecule has 0 spiro atoms. The van der Waals surface area contributed by atoms with E-state index in [2.05, 4.69) is 39.1 Å². The van der Waals surface area contributed by atoms with Gasteiger partial charge in [0.1, 0.15) is 0 Å². The molecule has 0 amide bonds. The van der Waals surface area contributed by atoms with Gasteiger partial charge in [-0.05, 0) is 24.5 Å². The summed E-state index contributed by atoms with van der Waals surface area (Å²) in [6, 6.07) is 5.18. The van der Waals surface area contributed by atoms with E-state index in [-0.39, 0.29) is 0 Å². The first-order valence-corrected chi connectivity index (χ1v) is 8.03. The van der Waals surface area contributed by atoms with Gasteiger partial charge in [0, 0.05) is 49.9 Å². The lowest BCUT2D eigenvalue weighted by Crippen LogP contribution is -2.32. The fraction of sp³-hybridized carbons (Fsp3) is 0.643. The molecule has 2 heterocycles. The molecule has 0 bridgehead atoms. The van der Waals surface area contributed by atoms with E-state index in [0.717, 1.165) is 19.1 Å². The van der Waals surface area contributed by atoms with E-state index < -0.39 is 0 Å². The first kappa shape index (κ1) is 12.5. The third-order valence-corrected chi connectivity index (χ3v) is 4.49. The molecule has 1 N–H and O–H groups in total. The number of nitrogens with one attached hydrogen (secondary N) is 1. The monoisotopic (exact) mass is 263 g/mol. The lowest BCUT2D eigenvalue weighted by atomic mass is 10.2. The van der Waals surface area contributed by atoms with Gasteiger partial charge in [0.25, 0.3) is 0 Å². The molecule has 98 valence electrons. The molecular formula is C14H21N3S. The smallest absolute Gasteiger partial charge is 0.0544 e. The normalized spacial score (nSPS) is 21.1. The molecule has 18 heavy (non-hydrogen) atoms. The third kappa shape index (κ3) is 3.70. The van der Waals surface area contributed by atoms with E-state index in [0.29, 0.717) is 0 Å². The van der Waals surface area contributed by atoms with Gasteiger partial charge in [0.2, 0.25) is 0 Å². The summed E-state index contributed by atoms with van der Waals surface area (Å²) in [7, 11) is 0. The Kier molecular flexibility index (Phi) is 4.18. The maximum Gasteiger partial charge on any atom is 0.0544 e. The van der Waals surface area contributed by atoms with Gasteiger partial charge in [-0.25, -0.2) is 0 Å². The summed E-state index contributed by atoms with van der Waals surface area (Å²) >= 11 is 2.06. The van der Waals surface area contributed by atoms with E-state index in [1.807, 2.05) is 6.20 Å². The van der Waals surface area contributed by atoms with Crippen LogP contribution in [0, 0.1) is 0 Å². The Bertz CT molecular complexity index is 369. The third-order valence-electron chi connectivity index (χ3n) is 3.55. The van der Waals surface area contributed by atoms with Crippen molar-refractivity contribution in [3.63, 3.8) is 0 Å². The highest BCUT2D eigenvalue weighted by Crippen LogP contribution is 2.19. The van der Waals surface area contributed by atoms with Gasteiger partial charge in [-0.3, -0.25) is 9.88 Å². The van der Waals surface area contributed by atoms with Gasteiger partial charge in [-0.15, -0.1) is 0 Å². The van der Waals surface area contributed by atoms with Gasteiger partial charge < -0.3 is 5.32 Å². The molecule has 0 aromatic carbocycles. The Morgan fingerprint density at radius 1 is 1.28 bits per heavy atom. The minimum Gasteiger partial charge on any atom is -0.310 e. The number of nitrogens with zero attached hydrogens (tertiary/aromatic N) is 2. The second kappa shape index (κ2) is 6.04. The molecule has 4 heteroatoms. The van der Waals surface area contributed by atoms with E-state index >= 15 is 0 Å². The first-order chi connectivity index (χ1) is 8.90. The molecule has 1 saturated heterocycles. The van der Waals surface area contributed by atoms with E-state index in [4.69, 9.17) is 0 Å². The van der Waals surface area contributed by atoms with Crippen LogP contribution in [0.3, 0.4) is 0 Å². The highest BCUT2D eigenvalue weighted by atomic mass is 32.2. The molecule has 1 aliphatic heterocycles. The predicted molar refractivity (Wildman–Crippen MR) is 76.7 cm³/mol. The van der Waals surface area contributed by atoms with Crippen molar-refractivity contribution in [2.45, 2.75) is 32.0 Å². The second-order valence-corrected chi connectivity index (χ2v) is 6.43. The molecular weight excluding hydrogens is 242 g/mol. The SMILES string of the molecule is c1cc(CN2CCSCC2)ncc1CNC1CC1. The average molecular weight is 263 g/mol. The molecule has 1 aromatic rings. The highest BCUT2D eigenvalue weighted by Gasteiger charge is 2.19. The zero-order chi connectivity index (χ0) is 12.2. The first-order valence-electron chi connectivity index (χ1n) is 6.87. The van der Waals surface area contributed by atoms with Crippen LogP contribution in [0.1, 0.15) is 24.1 Å². The van der Waals surface area contributed by atoms with Crippen molar-refractivity contribution in [2.75, 3.05) is 24.6 Å². The molecule has 2 aliphatic rings. The zero-order valence-corrected chi connectivity index (χ0v) is 11.6. The van der Waals surface area contributed by atoms with Crippen molar-refractivity contribution in [3.8, 4) is 0 Å². The standard InChI is InChI=1S/C14H21N3S/c1-2-14(11-17-5-7-18-8-6-17)16-10-12(1)9-15-13-3-4-13/h1-2,10,13,15H,3-9,11H2. The average Bonchev–Trinajstić information content (AvgIpc) is 3.23. The van der Waals surface area contributed by atoms with Crippen molar-refractivity contribution in [1.29, 1.82) is 0 Å². The molecule has 3 rings (SSSR count). The largest absolute Gasteiger partial charge is 0.310 e. The quantitative estimate of drug-likeness (QED) is 0.878. The number of hydrogen-bond donors (Lipinski definition) is 1. The van der Waals surface area contributed by atoms with Crippen LogP contribution in [0.25, 0.3) is 0 Å². The Morgan fingerprint density at radius 3 is 2.78 bits per heavy atom. The summed E-state index contributed by atoms with van der Waals surface area (Å²) in [6.07, 6.45) is 4.72. The van der Waals surface area contributed by atoms with E-state index in [9.17, 15) is 0 Å². The van der Waals surface area contributed by atoms with Crippen LogP contribution in [-0.4, -0.2) is 40.5 Å². The lowest BCUT2D eigenvalue weighted by molar-refractivity contribution is 0.291. The number of thioether (sulfide) groups is 1. The van der Waals surface area contributed by atoms with Crippen LogP contribution in [0.5, 0.6) is 0 Å². The Hall–Kier alpha value is -0.580. The Labute approximate surface area is 113 Å². The fourth-order valence-corrected chi connectivity index (χ4v) is 3.17. The summed E-state index contributed by atoms with van der Waals surface area (Å²) in [5.41, 5.74) is 2.51. The van der Waals surface area contributed by atoms with Gasteiger partial charge in [0.15, 0.2) is 0 Å². The minimum absolute atomic E-state index is 0.774. The molecule has 1 saturated carbocycles. The molecule has 0 radical (unpaired) electrons. The number of pyridine rings is 1.